The quantitative estimate of drug-likeness (QED) is 0.449. The first-order valence-electron chi connectivity index (χ1n) is 9.78. The van der Waals surface area contributed by atoms with E-state index in [-0.39, 0.29) is 28.6 Å². The highest BCUT2D eigenvalue weighted by molar-refractivity contribution is 7.92. The molecule has 3 rings (SSSR count). The van der Waals surface area contributed by atoms with E-state index >= 15 is 0 Å². The number of halogens is 1. The van der Waals surface area contributed by atoms with Gasteiger partial charge in [-0.2, -0.15) is 0 Å². The molecule has 0 aliphatic heterocycles. The van der Waals surface area contributed by atoms with E-state index in [1.54, 1.807) is 31.2 Å². The summed E-state index contributed by atoms with van der Waals surface area (Å²) in [6.07, 6.45) is 0. The van der Waals surface area contributed by atoms with Gasteiger partial charge in [-0.15, -0.1) is 0 Å². The van der Waals surface area contributed by atoms with E-state index in [2.05, 4.69) is 10.0 Å². The fraction of sp³-hybridized carbons (Fsp3) is 0.130. The zero-order valence-corrected chi connectivity index (χ0v) is 19.4. The Hall–Kier alpha value is -3.56. The lowest BCUT2D eigenvalue weighted by atomic mass is 10.2. The first-order chi connectivity index (χ1) is 15.7. The van der Waals surface area contributed by atoms with Crippen molar-refractivity contribution < 1.29 is 27.5 Å². The fourth-order valence-electron chi connectivity index (χ4n) is 2.85. The van der Waals surface area contributed by atoms with Crippen molar-refractivity contribution in [2.45, 2.75) is 11.8 Å². The Bertz CT molecular complexity index is 1260. The Labute approximate surface area is 196 Å². The zero-order chi connectivity index (χ0) is 24.0. The standard InChI is InChI=1S/C23H21ClN2O6S/c1-3-32-23(28)16-6-10-18(11-7-16)26-33(29,30)19-12-13-21(31-2)20(14-19)25-22(27)15-4-8-17(24)9-5-15/h4-14,26H,3H2,1-2H3,(H,25,27). The molecule has 0 aromatic heterocycles. The molecular formula is C23H21ClN2O6S. The third-order valence-corrected chi connectivity index (χ3v) is 6.12. The molecule has 0 aliphatic carbocycles. The molecule has 0 fully saturated rings. The Morgan fingerprint density at radius 3 is 2.18 bits per heavy atom. The van der Waals surface area contributed by atoms with Crippen molar-refractivity contribution in [3.05, 3.63) is 82.9 Å². The Morgan fingerprint density at radius 1 is 0.939 bits per heavy atom. The molecule has 0 saturated carbocycles. The first kappa shape index (κ1) is 24.1. The number of rotatable bonds is 8. The summed E-state index contributed by atoms with van der Waals surface area (Å²) in [5, 5.41) is 3.14. The maximum atomic E-state index is 12.9. The molecule has 0 atom stereocenters. The van der Waals surface area contributed by atoms with Crippen LogP contribution in [0.25, 0.3) is 0 Å². The molecule has 2 N–H and O–H groups in total. The van der Waals surface area contributed by atoms with Gasteiger partial charge in [0, 0.05) is 16.3 Å². The zero-order valence-electron chi connectivity index (χ0n) is 17.8. The molecule has 1 amide bonds. The number of hydrogen-bond donors (Lipinski definition) is 2. The molecule has 33 heavy (non-hydrogen) atoms. The van der Waals surface area contributed by atoms with Crippen molar-refractivity contribution in [2.24, 2.45) is 0 Å². The van der Waals surface area contributed by atoms with Crippen LogP contribution in [-0.4, -0.2) is 34.0 Å². The molecule has 10 heteroatoms. The van der Waals surface area contributed by atoms with E-state index in [4.69, 9.17) is 21.1 Å². The summed E-state index contributed by atoms with van der Waals surface area (Å²) in [7, 11) is -2.59. The number of esters is 1. The molecule has 3 aromatic rings. The molecule has 0 heterocycles. The van der Waals surface area contributed by atoms with Gasteiger partial charge in [0.2, 0.25) is 0 Å². The van der Waals surface area contributed by atoms with Crippen LogP contribution in [-0.2, 0) is 14.8 Å². The number of methoxy groups -OCH3 is 1. The van der Waals surface area contributed by atoms with Gasteiger partial charge in [0.1, 0.15) is 5.75 Å². The van der Waals surface area contributed by atoms with E-state index < -0.39 is 21.9 Å². The van der Waals surface area contributed by atoms with Crippen molar-refractivity contribution >= 4 is 44.9 Å². The van der Waals surface area contributed by atoms with Crippen LogP contribution in [0.1, 0.15) is 27.6 Å². The average Bonchev–Trinajstić information content (AvgIpc) is 2.79. The van der Waals surface area contributed by atoms with E-state index in [9.17, 15) is 18.0 Å². The smallest absolute Gasteiger partial charge is 0.338 e. The largest absolute Gasteiger partial charge is 0.495 e. The van der Waals surface area contributed by atoms with Crippen LogP contribution >= 0.6 is 11.6 Å². The minimum atomic E-state index is -4.00. The predicted octanol–water partition coefficient (Wildman–Crippen LogP) is 4.58. The van der Waals surface area contributed by atoms with Crippen molar-refractivity contribution in [2.75, 3.05) is 23.8 Å². The SMILES string of the molecule is CCOC(=O)c1ccc(NS(=O)(=O)c2ccc(OC)c(NC(=O)c3ccc(Cl)cc3)c2)cc1. The third-order valence-electron chi connectivity index (χ3n) is 4.48. The molecule has 0 saturated heterocycles. The van der Waals surface area contributed by atoms with Gasteiger partial charge in [0.25, 0.3) is 15.9 Å². The van der Waals surface area contributed by atoms with Crippen molar-refractivity contribution in [3.8, 4) is 5.75 Å². The van der Waals surface area contributed by atoms with Gasteiger partial charge < -0.3 is 14.8 Å². The van der Waals surface area contributed by atoms with Crippen LogP contribution in [0.4, 0.5) is 11.4 Å². The van der Waals surface area contributed by atoms with Gasteiger partial charge in [-0.05, 0) is 73.7 Å². The Morgan fingerprint density at radius 2 is 1.58 bits per heavy atom. The highest BCUT2D eigenvalue weighted by Gasteiger charge is 2.19. The van der Waals surface area contributed by atoms with Crippen LogP contribution in [0.15, 0.2) is 71.6 Å². The number of amides is 1. The Kier molecular flexibility index (Phi) is 7.57. The summed E-state index contributed by atoms with van der Waals surface area (Å²) in [5.41, 5.74) is 1.08. The summed E-state index contributed by atoms with van der Waals surface area (Å²) in [4.78, 5) is 24.2. The summed E-state index contributed by atoms with van der Waals surface area (Å²) in [6, 6.07) is 16.2. The topological polar surface area (TPSA) is 111 Å². The van der Waals surface area contributed by atoms with Crippen LogP contribution in [0, 0.1) is 0 Å². The summed E-state index contributed by atoms with van der Waals surface area (Å²) in [6.45, 7) is 1.93. The number of nitrogens with one attached hydrogen (secondary N) is 2. The second-order valence-electron chi connectivity index (χ2n) is 6.73. The lowest BCUT2D eigenvalue weighted by Crippen LogP contribution is -2.16. The second-order valence-corrected chi connectivity index (χ2v) is 8.85. The van der Waals surface area contributed by atoms with E-state index in [1.165, 1.54) is 49.6 Å². The maximum Gasteiger partial charge on any atom is 0.338 e. The molecular weight excluding hydrogens is 468 g/mol. The van der Waals surface area contributed by atoms with Crippen molar-refractivity contribution in [3.63, 3.8) is 0 Å². The average molecular weight is 489 g/mol. The van der Waals surface area contributed by atoms with Gasteiger partial charge in [0.15, 0.2) is 0 Å². The number of sulfonamides is 1. The molecule has 8 nitrogen and oxygen atoms in total. The van der Waals surface area contributed by atoms with Crippen molar-refractivity contribution in [1.82, 2.24) is 0 Å². The van der Waals surface area contributed by atoms with Gasteiger partial charge in [-0.25, -0.2) is 13.2 Å². The summed E-state index contributed by atoms with van der Waals surface area (Å²) < 4.78 is 38.4. The monoisotopic (exact) mass is 488 g/mol. The number of carbonyl (C=O) groups is 2. The molecule has 0 radical (unpaired) electrons. The molecule has 0 aliphatic rings. The number of benzene rings is 3. The highest BCUT2D eigenvalue weighted by atomic mass is 35.5. The highest BCUT2D eigenvalue weighted by Crippen LogP contribution is 2.29. The summed E-state index contributed by atoms with van der Waals surface area (Å²) in [5.74, 6) is -0.666. The minimum Gasteiger partial charge on any atom is -0.495 e. The molecule has 0 bridgehead atoms. The van der Waals surface area contributed by atoms with Gasteiger partial charge in [-0.3, -0.25) is 9.52 Å². The molecule has 3 aromatic carbocycles. The number of carbonyl (C=O) groups excluding carboxylic acids is 2. The molecule has 0 unspecified atom stereocenters. The van der Waals surface area contributed by atoms with Gasteiger partial charge >= 0.3 is 5.97 Å². The predicted molar refractivity (Wildman–Crippen MR) is 126 cm³/mol. The fourth-order valence-corrected chi connectivity index (χ4v) is 4.06. The second kappa shape index (κ2) is 10.4. The lowest BCUT2D eigenvalue weighted by Gasteiger charge is -2.14. The van der Waals surface area contributed by atoms with Crippen LogP contribution in [0.3, 0.4) is 0 Å². The van der Waals surface area contributed by atoms with Crippen LogP contribution in [0.5, 0.6) is 5.75 Å². The van der Waals surface area contributed by atoms with Crippen LogP contribution < -0.4 is 14.8 Å². The number of ether oxygens (including phenoxy) is 2. The third kappa shape index (κ3) is 6.03. The minimum absolute atomic E-state index is 0.0934. The normalized spacial score (nSPS) is 10.9. The Balaban J connectivity index is 1.82. The van der Waals surface area contributed by atoms with Gasteiger partial charge in [-0.1, -0.05) is 11.6 Å². The number of anilines is 2. The first-order valence-corrected chi connectivity index (χ1v) is 11.6. The maximum absolute atomic E-state index is 12.9. The van der Waals surface area contributed by atoms with Crippen molar-refractivity contribution in [1.29, 1.82) is 0 Å². The van der Waals surface area contributed by atoms with E-state index in [0.29, 0.717) is 16.1 Å². The van der Waals surface area contributed by atoms with Crippen LogP contribution in [0.2, 0.25) is 5.02 Å². The van der Waals surface area contributed by atoms with E-state index in [0.717, 1.165) is 0 Å². The van der Waals surface area contributed by atoms with E-state index in [1.807, 2.05) is 0 Å². The molecule has 0 spiro atoms. The number of hydrogen-bond acceptors (Lipinski definition) is 6. The summed E-state index contributed by atoms with van der Waals surface area (Å²) >= 11 is 5.85. The molecule has 172 valence electrons. The lowest BCUT2D eigenvalue weighted by molar-refractivity contribution is 0.0526. The van der Waals surface area contributed by atoms with Gasteiger partial charge in [0.05, 0.1) is 29.9 Å².